The van der Waals surface area contributed by atoms with E-state index in [-0.39, 0.29) is 23.0 Å². The molecule has 8 heteroatoms. The maximum Gasteiger partial charge on any atom is 0.266 e. The lowest BCUT2D eigenvalue weighted by molar-refractivity contribution is -0.118. The van der Waals surface area contributed by atoms with Crippen molar-refractivity contribution in [1.29, 1.82) is 0 Å². The number of nitrogens with one attached hydrogen (secondary N) is 1. The molecule has 7 nitrogen and oxygen atoms in total. The van der Waals surface area contributed by atoms with Crippen molar-refractivity contribution in [1.82, 2.24) is 15.0 Å². The fourth-order valence-electron chi connectivity index (χ4n) is 3.08. The Bertz CT molecular complexity index is 1360. The Morgan fingerprint density at radius 2 is 1.91 bits per heavy atom. The van der Waals surface area contributed by atoms with Crippen LogP contribution in [0.25, 0.3) is 16.6 Å². The molecule has 0 unspecified atom stereocenters. The second-order valence-corrected chi connectivity index (χ2v) is 8.01. The normalized spacial score (nSPS) is 11.2. The number of carbonyl (C=O) groups excluding carboxylic acids is 1. The van der Waals surface area contributed by atoms with Crippen LogP contribution in [0.15, 0.2) is 87.8 Å². The molecule has 4 rings (SSSR count). The van der Waals surface area contributed by atoms with Crippen LogP contribution in [-0.2, 0) is 4.79 Å². The quantitative estimate of drug-likeness (QED) is 0.205. The third kappa shape index (κ3) is 4.87. The van der Waals surface area contributed by atoms with Gasteiger partial charge in [-0.05, 0) is 48.9 Å². The monoisotopic (exact) mass is 444 g/mol. The first-order valence-electron chi connectivity index (χ1n) is 9.84. The van der Waals surface area contributed by atoms with Crippen LogP contribution < -0.4 is 11.0 Å². The van der Waals surface area contributed by atoms with Crippen molar-refractivity contribution in [3.8, 4) is 11.4 Å². The number of benzene rings is 3. The molecule has 1 heterocycles. The van der Waals surface area contributed by atoms with E-state index >= 15 is 0 Å². The number of phenols is 1. The van der Waals surface area contributed by atoms with E-state index in [0.717, 1.165) is 17.3 Å². The molecule has 0 aliphatic rings. The summed E-state index contributed by atoms with van der Waals surface area (Å²) in [5.41, 5.74) is 5.25. The summed E-state index contributed by atoms with van der Waals surface area (Å²) in [5.74, 6) is -0.204. The van der Waals surface area contributed by atoms with Gasteiger partial charge in [0.25, 0.3) is 11.5 Å². The van der Waals surface area contributed by atoms with Crippen LogP contribution >= 0.6 is 11.8 Å². The number of aromatic nitrogens is 2. The molecule has 1 amide bonds. The molecule has 32 heavy (non-hydrogen) atoms. The van der Waals surface area contributed by atoms with E-state index in [2.05, 4.69) is 15.5 Å². The molecule has 0 aliphatic heterocycles. The average molecular weight is 445 g/mol. The van der Waals surface area contributed by atoms with Crippen molar-refractivity contribution in [3.63, 3.8) is 0 Å². The lowest BCUT2D eigenvalue weighted by atomic mass is 10.2. The van der Waals surface area contributed by atoms with E-state index in [1.807, 2.05) is 37.3 Å². The molecule has 160 valence electrons. The van der Waals surface area contributed by atoms with Gasteiger partial charge >= 0.3 is 0 Å². The highest BCUT2D eigenvalue weighted by Crippen LogP contribution is 2.21. The summed E-state index contributed by atoms with van der Waals surface area (Å²) in [7, 11) is 0. The number of hydrazone groups is 1. The fraction of sp³-hybridized carbons (Fsp3) is 0.0833. The number of rotatable bonds is 6. The minimum absolute atomic E-state index is 0.0218. The summed E-state index contributed by atoms with van der Waals surface area (Å²) in [6, 6.07) is 21.2. The molecular formula is C24H20N4O3S. The molecule has 0 bridgehead atoms. The summed E-state index contributed by atoms with van der Waals surface area (Å²) in [6.45, 7) is 1.97. The number of hydrogen-bond acceptors (Lipinski definition) is 6. The number of para-hydroxylation sites is 1. The van der Waals surface area contributed by atoms with Crippen molar-refractivity contribution in [2.75, 3.05) is 5.75 Å². The highest BCUT2D eigenvalue weighted by atomic mass is 32.2. The van der Waals surface area contributed by atoms with Crippen molar-refractivity contribution < 1.29 is 9.90 Å². The van der Waals surface area contributed by atoms with E-state index < -0.39 is 0 Å². The maximum absolute atomic E-state index is 13.2. The van der Waals surface area contributed by atoms with Crippen LogP contribution in [-0.4, -0.2) is 32.5 Å². The predicted octanol–water partition coefficient (Wildman–Crippen LogP) is 3.64. The average Bonchev–Trinajstić information content (AvgIpc) is 2.79. The van der Waals surface area contributed by atoms with Gasteiger partial charge in [-0.25, -0.2) is 10.4 Å². The van der Waals surface area contributed by atoms with Crippen LogP contribution in [0.4, 0.5) is 0 Å². The molecule has 0 aliphatic carbocycles. The van der Waals surface area contributed by atoms with Crippen LogP contribution in [0.3, 0.4) is 0 Å². The van der Waals surface area contributed by atoms with Gasteiger partial charge < -0.3 is 5.11 Å². The Kier molecular flexibility index (Phi) is 6.32. The number of thioether (sulfide) groups is 1. The van der Waals surface area contributed by atoms with Crippen LogP contribution in [0, 0.1) is 6.92 Å². The predicted molar refractivity (Wildman–Crippen MR) is 127 cm³/mol. The van der Waals surface area contributed by atoms with Crippen molar-refractivity contribution >= 4 is 34.8 Å². The Morgan fingerprint density at radius 3 is 2.69 bits per heavy atom. The highest BCUT2D eigenvalue weighted by Gasteiger charge is 2.14. The minimum Gasteiger partial charge on any atom is -0.508 e. The number of aryl methyl sites for hydroxylation is 1. The van der Waals surface area contributed by atoms with Gasteiger partial charge in [-0.3, -0.25) is 14.2 Å². The van der Waals surface area contributed by atoms with E-state index in [1.54, 1.807) is 36.4 Å². The Balaban J connectivity index is 1.56. The zero-order chi connectivity index (χ0) is 22.5. The number of aromatic hydroxyl groups is 1. The Labute approximate surface area is 188 Å². The minimum atomic E-state index is -0.343. The number of nitrogens with zero attached hydrogens (tertiary/aromatic N) is 3. The second-order valence-electron chi connectivity index (χ2n) is 7.06. The summed E-state index contributed by atoms with van der Waals surface area (Å²) in [6.07, 6.45) is 1.44. The SMILES string of the molecule is Cc1ccc(-n2c(SCC(=O)N/N=C\c3cccc(O)c3)nc3ccccc3c2=O)cc1. The van der Waals surface area contributed by atoms with Crippen LogP contribution in [0.5, 0.6) is 5.75 Å². The van der Waals surface area contributed by atoms with Gasteiger partial charge in [0.1, 0.15) is 5.75 Å². The van der Waals surface area contributed by atoms with Crippen LogP contribution in [0.1, 0.15) is 11.1 Å². The van der Waals surface area contributed by atoms with Gasteiger partial charge in [0.15, 0.2) is 5.16 Å². The summed E-state index contributed by atoms with van der Waals surface area (Å²) < 4.78 is 1.52. The molecule has 0 radical (unpaired) electrons. The molecular weight excluding hydrogens is 424 g/mol. The summed E-state index contributed by atoms with van der Waals surface area (Å²) in [4.78, 5) is 30.1. The molecule has 3 aromatic carbocycles. The van der Waals surface area contributed by atoms with Gasteiger partial charge in [0, 0.05) is 0 Å². The molecule has 0 spiro atoms. The molecule has 1 aromatic heterocycles. The molecule has 4 aromatic rings. The highest BCUT2D eigenvalue weighted by molar-refractivity contribution is 7.99. The molecule has 0 fully saturated rings. The number of hydrogen-bond donors (Lipinski definition) is 2. The summed E-state index contributed by atoms with van der Waals surface area (Å²) >= 11 is 1.16. The lowest BCUT2D eigenvalue weighted by Crippen LogP contribution is -2.24. The largest absolute Gasteiger partial charge is 0.508 e. The second kappa shape index (κ2) is 9.49. The first kappa shape index (κ1) is 21.3. The zero-order valence-electron chi connectivity index (χ0n) is 17.2. The van der Waals surface area contributed by atoms with E-state index in [0.29, 0.717) is 27.3 Å². The standard InChI is InChI=1S/C24H20N4O3S/c1-16-9-11-18(12-10-16)28-23(31)20-7-2-3-8-21(20)26-24(28)32-15-22(30)27-25-14-17-5-4-6-19(29)13-17/h2-14,29H,15H2,1H3,(H,27,30)/b25-14-. The Hall–Kier alpha value is -3.91. The van der Waals surface area contributed by atoms with E-state index in [9.17, 15) is 14.7 Å². The topological polar surface area (TPSA) is 96.6 Å². The molecule has 2 N–H and O–H groups in total. The molecule has 0 saturated heterocycles. The first-order valence-corrected chi connectivity index (χ1v) is 10.8. The van der Waals surface area contributed by atoms with Crippen molar-refractivity contribution in [2.24, 2.45) is 5.10 Å². The van der Waals surface area contributed by atoms with Gasteiger partial charge in [0.2, 0.25) is 0 Å². The van der Waals surface area contributed by atoms with Gasteiger partial charge in [0.05, 0.1) is 28.6 Å². The van der Waals surface area contributed by atoms with Crippen molar-refractivity contribution in [2.45, 2.75) is 12.1 Å². The van der Waals surface area contributed by atoms with Gasteiger partial charge in [-0.15, -0.1) is 0 Å². The number of phenolic OH excluding ortho intramolecular Hbond substituents is 1. The maximum atomic E-state index is 13.2. The van der Waals surface area contributed by atoms with E-state index in [4.69, 9.17) is 0 Å². The number of fused-ring (bicyclic) bond motifs is 1. The molecule has 0 saturated carbocycles. The third-order valence-electron chi connectivity index (χ3n) is 4.64. The fourth-order valence-corrected chi connectivity index (χ4v) is 3.88. The smallest absolute Gasteiger partial charge is 0.266 e. The Morgan fingerprint density at radius 1 is 1.12 bits per heavy atom. The number of amides is 1. The van der Waals surface area contributed by atoms with E-state index in [1.165, 1.54) is 16.8 Å². The third-order valence-corrected chi connectivity index (χ3v) is 5.58. The van der Waals surface area contributed by atoms with Crippen molar-refractivity contribution in [3.05, 3.63) is 94.3 Å². The lowest BCUT2D eigenvalue weighted by Gasteiger charge is -2.13. The summed E-state index contributed by atoms with van der Waals surface area (Å²) in [5, 5.41) is 14.3. The van der Waals surface area contributed by atoms with Crippen LogP contribution in [0.2, 0.25) is 0 Å². The number of carbonyl (C=O) groups is 1. The van der Waals surface area contributed by atoms with Gasteiger partial charge in [-0.1, -0.05) is 53.7 Å². The first-order chi connectivity index (χ1) is 15.5. The van der Waals surface area contributed by atoms with Gasteiger partial charge in [-0.2, -0.15) is 5.10 Å². The molecule has 0 atom stereocenters. The zero-order valence-corrected chi connectivity index (χ0v) is 18.0.